The van der Waals surface area contributed by atoms with E-state index in [1.165, 1.54) is 0 Å². The van der Waals surface area contributed by atoms with Gasteiger partial charge in [0, 0.05) is 16.1 Å². The maximum Gasteiger partial charge on any atom is 0.229 e. The number of rotatable bonds is 3. The zero-order valence-electron chi connectivity index (χ0n) is 11.4. The van der Waals surface area contributed by atoms with Gasteiger partial charge in [-0.2, -0.15) is 0 Å². The molecule has 0 amide bonds. The van der Waals surface area contributed by atoms with Crippen molar-refractivity contribution in [3.05, 3.63) is 28.9 Å². The second kappa shape index (κ2) is 6.15. The fourth-order valence-corrected chi connectivity index (χ4v) is 2.82. The van der Waals surface area contributed by atoms with Crippen molar-refractivity contribution in [2.45, 2.75) is 30.7 Å². The van der Waals surface area contributed by atoms with Crippen molar-refractivity contribution in [1.82, 2.24) is 4.98 Å². The van der Waals surface area contributed by atoms with E-state index in [1.54, 1.807) is 6.20 Å². The fraction of sp³-hybridized carbons (Fsp3) is 0.429. The summed E-state index contributed by atoms with van der Waals surface area (Å²) in [6.45, 7) is -0.494. The third-order valence-corrected chi connectivity index (χ3v) is 4.19. The number of halogens is 1. The molecule has 1 saturated heterocycles. The zero-order chi connectivity index (χ0) is 15.9. The lowest BCUT2D eigenvalue weighted by molar-refractivity contribution is -0.277. The van der Waals surface area contributed by atoms with Gasteiger partial charge in [-0.25, -0.2) is 0 Å². The standard InChI is InChI=1S/C14H16BrNO6/c15-6-1-2-7-8(3-6)16-4-9(7)21-14-13(20)12(19)11(18)10(5-17)22-14/h1-4,10-14,16-20H,5H2/t10-,11+,12+,13-,14?/m1/s1. The zero-order valence-corrected chi connectivity index (χ0v) is 13.0. The van der Waals surface area contributed by atoms with E-state index in [0.717, 1.165) is 15.4 Å². The molecule has 8 heteroatoms. The average molecular weight is 374 g/mol. The van der Waals surface area contributed by atoms with Crippen LogP contribution in [0.5, 0.6) is 5.75 Å². The van der Waals surface area contributed by atoms with Gasteiger partial charge in [-0.15, -0.1) is 0 Å². The van der Waals surface area contributed by atoms with Crippen molar-refractivity contribution >= 4 is 26.8 Å². The van der Waals surface area contributed by atoms with Gasteiger partial charge in [0.05, 0.1) is 12.1 Å². The molecule has 22 heavy (non-hydrogen) atoms. The first kappa shape index (κ1) is 15.7. The lowest BCUT2D eigenvalue weighted by atomic mass is 9.99. The summed E-state index contributed by atoms with van der Waals surface area (Å²) in [4.78, 5) is 3.03. The molecule has 7 nitrogen and oxygen atoms in total. The first-order valence-electron chi connectivity index (χ1n) is 6.75. The molecule has 120 valence electrons. The molecule has 0 spiro atoms. The summed E-state index contributed by atoms with van der Waals surface area (Å²) < 4.78 is 11.8. The quantitative estimate of drug-likeness (QED) is 0.521. The molecule has 1 aliphatic heterocycles. The van der Waals surface area contributed by atoms with Gasteiger partial charge in [-0.05, 0) is 18.2 Å². The molecule has 1 fully saturated rings. The van der Waals surface area contributed by atoms with Crippen molar-refractivity contribution in [3.8, 4) is 5.75 Å². The lowest BCUT2D eigenvalue weighted by Crippen LogP contribution is -2.60. The highest BCUT2D eigenvalue weighted by Crippen LogP contribution is 2.31. The number of aliphatic hydroxyl groups excluding tert-OH is 4. The van der Waals surface area contributed by atoms with E-state index in [-0.39, 0.29) is 0 Å². The molecule has 1 aliphatic rings. The van der Waals surface area contributed by atoms with Crippen LogP contribution in [0.25, 0.3) is 10.9 Å². The van der Waals surface area contributed by atoms with E-state index in [4.69, 9.17) is 14.6 Å². The molecule has 2 aromatic rings. The van der Waals surface area contributed by atoms with Crippen LogP contribution in [-0.2, 0) is 4.74 Å². The largest absolute Gasteiger partial charge is 0.460 e. The van der Waals surface area contributed by atoms with Gasteiger partial charge in [0.25, 0.3) is 0 Å². The number of aliphatic hydroxyl groups is 4. The molecule has 3 rings (SSSR count). The second-order valence-electron chi connectivity index (χ2n) is 5.16. The Morgan fingerprint density at radius 2 is 1.95 bits per heavy atom. The molecule has 5 N–H and O–H groups in total. The summed E-state index contributed by atoms with van der Waals surface area (Å²) in [7, 11) is 0. The van der Waals surface area contributed by atoms with Crippen molar-refractivity contribution < 1.29 is 29.9 Å². The third kappa shape index (κ3) is 2.73. The van der Waals surface area contributed by atoms with Gasteiger partial charge >= 0.3 is 0 Å². The minimum absolute atomic E-state index is 0.437. The van der Waals surface area contributed by atoms with Crippen LogP contribution in [0.15, 0.2) is 28.9 Å². The summed E-state index contributed by atoms with van der Waals surface area (Å²) in [5, 5.41) is 39.4. The van der Waals surface area contributed by atoms with E-state index >= 15 is 0 Å². The van der Waals surface area contributed by atoms with Gasteiger partial charge in [-0.3, -0.25) is 0 Å². The Bertz CT molecular complexity index is 660. The Morgan fingerprint density at radius 1 is 1.18 bits per heavy atom. The highest BCUT2D eigenvalue weighted by molar-refractivity contribution is 9.10. The van der Waals surface area contributed by atoms with Crippen LogP contribution in [0.1, 0.15) is 0 Å². The predicted octanol–water partition coefficient (Wildman–Crippen LogP) is 0.109. The Kier molecular flexibility index (Phi) is 4.40. The molecular formula is C14H16BrNO6. The van der Waals surface area contributed by atoms with Crippen molar-refractivity contribution in [2.75, 3.05) is 6.61 Å². The fourth-order valence-electron chi connectivity index (χ4n) is 2.46. The Balaban J connectivity index is 1.84. The summed E-state index contributed by atoms with van der Waals surface area (Å²) in [5.41, 5.74) is 0.828. The van der Waals surface area contributed by atoms with Crippen LogP contribution in [0, 0.1) is 0 Å². The number of fused-ring (bicyclic) bond motifs is 1. The van der Waals surface area contributed by atoms with E-state index in [1.807, 2.05) is 18.2 Å². The topological polar surface area (TPSA) is 115 Å². The molecule has 1 unspecified atom stereocenters. The second-order valence-corrected chi connectivity index (χ2v) is 6.07. The molecule has 1 aromatic heterocycles. The van der Waals surface area contributed by atoms with Crippen LogP contribution in [0.2, 0.25) is 0 Å². The van der Waals surface area contributed by atoms with Crippen LogP contribution in [-0.4, -0.2) is 62.7 Å². The first-order chi connectivity index (χ1) is 10.5. The number of hydrogen-bond donors (Lipinski definition) is 5. The van der Waals surface area contributed by atoms with Crippen LogP contribution < -0.4 is 4.74 Å². The lowest BCUT2D eigenvalue weighted by Gasteiger charge is -2.39. The van der Waals surface area contributed by atoms with Gasteiger partial charge in [0.1, 0.15) is 30.2 Å². The maximum atomic E-state index is 9.98. The smallest absolute Gasteiger partial charge is 0.229 e. The molecule has 5 atom stereocenters. The number of hydrogen-bond acceptors (Lipinski definition) is 6. The van der Waals surface area contributed by atoms with Gasteiger partial charge < -0.3 is 34.9 Å². The van der Waals surface area contributed by atoms with Crippen LogP contribution >= 0.6 is 15.9 Å². The van der Waals surface area contributed by atoms with E-state index in [0.29, 0.717) is 5.75 Å². The molecule has 0 bridgehead atoms. The Hall–Kier alpha value is -1.16. The number of ether oxygens (including phenoxy) is 2. The van der Waals surface area contributed by atoms with Gasteiger partial charge in [0.15, 0.2) is 0 Å². The van der Waals surface area contributed by atoms with Crippen LogP contribution in [0.4, 0.5) is 0 Å². The maximum absolute atomic E-state index is 9.98. The number of nitrogens with one attached hydrogen (secondary N) is 1. The number of aromatic amines is 1. The molecule has 0 saturated carbocycles. The summed E-state index contributed by atoms with van der Waals surface area (Å²) in [5.74, 6) is 0.437. The summed E-state index contributed by atoms with van der Waals surface area (Å²) in [6.07, 6.45) is -4.88. The van der Waals surface area contributed by atoms with Crippen molar-refractivity contribution in [1.29, 1.82) is 0 Å². The number of aromatic nitrogens is 1. The molecule has 1 aromatic carbocycles. The van der Waals surface area contributed by atoms with Crippen molar-refractivity contribution in [2.24, 2.45) is 0 Å². The number of H-pyrrole nitrogens is 1. The minimum Gasteiger partial charge on any atom is -0.460 e. The monoisotopic (exact) mass is 373 g/mol. The van der Waals surface area contributed by atoms with E-state index in [2.05, 4.69) is 20.9 Å². The highest BCUT2D eigenvalue weighted by Gasteiger charge is 2.44. The third-order valence-electron chi connectivity index (χ3n) is 3.70. The van der Waals surface area contributed by atoms with Gasteiger partial charge in [0.2, 0.25) is 6.29 Å². The van der Waals surface area contributed by atoms with E-state index < -0.39 is 37.3 Å². The average Bonchev–Trinajstić information content (AvgIpc) is 2.90. The normalized spacial score (nSPS) is 32.3. The van der Waals surface area contributed by atoms with E-state index in [9.17, 15) is 15.3 Å². The highest BCUT2D eigenvalue weighted by atomic mass is 79.9. The summed E-state index contributed by atoms with van der Waals surface area (Å²) >= 11 is 3.37. The van der Waals surface area contributed by atoms with Crippen molar-refractivity contribution in [3.63, 3.8) is 0 Å². The Labute approximate surface area is 134 Å². The van der Waals surface area contributed by atoms with Crippen LogP contribution in [0.3, 0.4) is 0 Å². The predicted molar refractivity (Wildman–Crippen MR) is 80.4 cm³/mol. The Morgan fingerprint density at radius 3 is 2.68 bits per heavy atom. The minimum atomic E-state index is -1.46. The first-order valence-corrected chi connectivity index (χ1v) is 7.54. The SMILES string of the molecule is OC[C@H]1OC(Oc2c[nH]c3cc(Br)ccc23)[C@H](O)[C@@H](O)[C@H]1O. The molecule has 0 radical (unpaired) electrons. The van der Waals surface area contributed by atoms with Gasteiger partial charge in [-0.1, -0.05) is 15.9 Å². The number of benzene rings is 1. The molecule has 2 heterocycles. The molecular weight excluding hydrogens is 358 g/mol. The molecule has 0 aliphatic carbocycles. The summed E-state index contributed by atoms with van der Waals surface area (Å²) in [6, 6.07) is 5.54.